The topological polar surface area (TPSA) is 36.4 Å². The number of aliphatic imine (C=N–C) groups is 1. The minimum atomic E-state index is -0.547. The molecule has 1 rings (SSSR count). The van der Waals surface area contributed by atoms with Crippen molar-refractivity contribution in [1.29, 1.82) is 0 Å². The van der Waals surface area contributed by atoms with Gasteiger partial charge in [-0.3, -0.25) is 4.99 Å². The van der Waals surface area contributed by atoms with Crippen molar-refractivity contribution in [3.63, 3.8) is 0 Å². The van der Waals surface area contributed by atoms with Gasteiger partial charge < -0.3 is 10.6 Å². The van der Waals surface area contributed by atoms with E-state index in [0.29, 0.717) is 18.5 Å². The summed E-state index contributed by atoms with van der Waals surface area (Å²) in [6, 6.07) is 3.68. The molecule has 0 amide bonds. The molecule has 0 radical (unpaired) electrons. The van der Waals surface area contributed by atoms with Gasteiger partial charge in [0.2, 0.25) is 0 Å². The van der Waals surface area contributed by atoms with Crippen LogP contribution >= 0.6 is 11.8 Å². The molecule has 0 bridgehead atoms. The van der Waals surface area contributed by atoms with Gasteiger partial charge in [-0.25, -0.2) is 8.78 Å². The average Bonchev–Trinajstić information content (AvgIpc) is 2.49. The normalized spacial score (nSPS) is 11.5. The maximum Gasteiger partial charge on any atom is 0.191 e. The van der Waals surface area contributed by atoms with Crippen LogP contribution in [0, 0.1) is 11.6 Å². The molecule has 0 saturated carbocycles. The first kappa shape index (κ1) is 18.7. The van der Waals surface area contributed by atoms with Crippen molar-refractivity contribution in [3.05, 3.63) is 35.4 Å². The SMILES string of the molecule is CCNC(=NCCCCSC)NCCc1ccc(F)cc1F. The fourth-order valence-electron chi connectivity index (χ4n) is 1.93. The number of thioether (sulfide) groups is 1. The fourth-order valence-corrected chi connectivity index (χ4v) is 2.42. The quantitative estimate of drug-likeness (QED) is 0.415. The number of rotatable bonds is 9. The monoisotopic (exact) mass is 329 g/mol. The predicted octanol–water partition coefficient (Wildman–Crippen LogP) is 3.21. The zero-order valence-corrected chi connectivity index (χ0v) is 14.1. The molecule has 0 aliphatic heterocycles. The van der Waals surface area contributed by atoms with Gasteiger partial charge in [-0.05, 0) is 49.8 Å². The molecule has 0 spiro atoms. The van der Waals surface area contributed by atoms with E-state index in [1.165, 1.54) is 12.1 Å². The van der Waals surface area contributed by atoms with E-state index in [4.69, 9.17) is 0 Å². The summed E-state index contributed by atoms with van der Waals surface area (Å²) in [4.78, 5) is 4.48. The Morgan fingerprint density at radius 1 is 1.23 bits per heavy atom. The number of hydrogen-bond acceptors (Lipinski definition) is 2. The maximum absolute atomic E-state index is 13.5. The van der Waals surface area contributed by atoms with Gasteiger partial charge in [0.05, 0.1) is 0 Å². The number of nitrogens with one attached hydrogen (secondary N) is 2. The third-order valence-electron chi connectivity index (χ3n) is 3.07. The van der Waals surface area contributed by atoms with E-state index < -0.39 is 11.6 Å². The number of hydrogen-bond donors (Lipinski definition) is 2. The molecule has 2 N–H and O–H groups in total. The molecule has 6 heteroatoms. The van der Waals surface area contributed by atoms with Crippen LogP contribution in [0.3, 0.4) is 0 Å². The first-order valence-electron chi connectivity index (χ1n) is 7.62. The van der Waals surface area contributed by atoms with E-state index in [0.717, 1.165) is 43.7 Å². The van der Waals surface area contributed by atoms with Crippen LogP contribution in [0.25, 0.3) is 0 Å². The largest absolute Gasteiger partial charge is 0.357 e. The lowest BCUT2D eigenvalue weighted by Crippen LogP contribution is -2.38. The Balaban J connectivity index is 2.38. The van der Waals surface area contributed by atoms with Crippen molar-refractivity contribution < 1.29 is 8.78 Å². The summed E-state index contributed by atoms with van der Waals surface area (Å²) in [7, 11) is 0. The second kappa shape index (κ2) is 11.3. The highest BCUT2D eigenvalue weighted by Crippen LogP contribution is 2.09. The van der Waals surface area contributed by atoms with Gasteiger partial charge in [-0.2, -0.15) is 11.8 Å². The fraction of sp³-hybridized carbons (Fsp3) is 0.562. The molecule has 0 fully saturated rings. The first-order chi connectivity index (χ1) is 10.7. The molecule has 1 aromatic rings. The highest BCUT2D eigenvalue weighted by Gasteiger charge is 2.04. The molecular weight excluding hydrogens is 304 g/mol. The minimum Gasteiger partial charge on any atom is -0.357 e. The summed E-state index contributed by atoms with van der Waals surface area (Å²) in [6.45, 7) is 4.12. The van der Waals surface area contributed by atoms with Crippen LogP contribution in [0.15, 0.2) is 23.2 Å². The molecule has 0 unspecified atom stereocenters. The third kappa shape index (κ3) is 7.64. The lowest BCUT2D eigenvalue weighted by atomic mass is 10.1. The first-order valence-corrected chi connectivity index (χ1v) is 9.01. The van der Waals surface area contributed by atoms with Gasteiger partial charge in [0.15, 0.2) is 5.96 Å². The molecule has 0 aromatic heterocycles. The summed E-state index contributed by atoms with van der Waals surface area (Å²) in [6.07, 6.45) is 4.81. The van der Waals surface area contributed by atoms with Gasteiger partial charge in [0.1, 0.15) is 11.6 Å². The van der Waals surface area contributed by atoms with E-state index in [-0.39, 0.29) is 0 Å². The van der Waals surface area contributed by atoms with E-state index >= 15 is 0 Å². The maximum atomic E-state index is 13.5. The zero-order valence-electron chi connectivity index (χ0n) is 13.3. The van der Waals surface area contributed by atoms with Gasteiger partial charge >= 0.3 is 0 Å². The van der Waals surface area contributed by atoms with Crippen LogP contribution in [-0.4, -0.2) is 37.6 Å². The average molecular weight is 329 g/mol. The van der Waals surface area contributed by atoms with Gasteiger partial charge in [-0.15, -0.1) is 0 Å². The standard InChI is InChI=1S/C16H25F2N3S/c1-3-19-16(20-9-4-5-11-22-2)21-10-8-13-6-7-14(17)12-15(13)18/h6-7,12H,3-5,8-11H2,1-2H3,(H2,19,20,21). The number of guanidine groups is 1. The van der Waals surface area contributed by atoms with Crippen molar-refractivity contribution in [3.8, 4) is 0 Å². The molecule has 0 atom stereocenters. The lowest BCUT2D eigenvalue weighted by molar-refractivity contribution is 0.570. The van der Waals surface area contributed by atoms with Crippen LogP contribution < -0.4 is 10.6 Å². The Kier molecular flexibility index (Phi) is 9.62. The molecule has 0 aliphatic rings. The van der Waals surface area contributed by atoms with E-state index in [1.54, 1.807) is 0 Å². The van der Waals surface area contributed by atoms with Crippen molar-refractivity contribution in [2.75, 3.05) is 31.6 Å². The number of unbranched alkanes of at least 4 members (excludes halogenated alkanes) is 1. The molecule has 22 heavy (non-hydrogen) atoms. The molecule has 124 valence electrons. The van der Waals surface area contributed by atoms with Crippen LogP contribution in [0.2, 0.25) is 0 Å². The predicted molar refractivity (Wildman–Crippen MR) is 91.7 cm³/mol. The van der Waals surface area contributed by atoms with E-state index in [9.17, 15) is 8.78 Å². The van der Waals surface area contributed by atoms with Crippen LogP contribution in [0.1, 0.15) is 25.3 Å². The number of benzene rings is 1. The number of halogens is 2. The Bertz CT molecular complexity index is 467. The molecular formula is C16H25F2N3S. The Labute approximate surface area is 136 Å². The Morgan fingerprint density at radius 3 is 2.73 bits per heavy atom. The minimum absolute atomic E-state index is 0.489. The summed E-state index contributed by atoms with van der Waals surface area (Å²) in [5, 5.41) is 6.34. The Hall–Kier alpha value is -1.30. The highest BCUT2D eigenvalue weighted by molar-refractivity contribution is 7.98. The second-order valence-electron chi connectivity index (χ2n) is 4.87. The molecule has 0 saturated heterocycles. The summed E-state index contributed by atoms with van der Waals surface area (Å²) >= 11 is 1.84. The molecule has 3 nitrogen and oxygen atoms in total. The van der Waals surface area contributed by atoms with Crippen molar-refractivity contribution >= 4 is 17.7 Å². The second-order valence-corrected chi connectivity index (χ2v) is 5.86. The van der Waals surface area contributed by atoms with Crippen molar-refractivity contribution in [2.45, 2.75) is 26.2 Å². The smallest absolute Gasteiger partial charge is 0.191 e. The van der Waals surface area contributed by atoms with Crippen molar-refractivity contribution in [2.24, 2.45) is 4.99 Å². The number of nitrogens with zero attached hydrogens (tertiary/aromatic N) is 1. The third-order valence-corrected chi connectivity index (χ3v) is 3.77. The van der Waals surface area contributed by atoms with Crippen LogP contribution in [0.4, 0.5) is 8.78 Å². The summed E-state index contributed by atoms with van der Waals surface area (Å²) < 4.78 is 26.4. The van der Waals surface area contributed by atoms with E-state index in [1.807, 2.05) is 18.7 Å². The van der Waals surface area contributed by atoms with Crippen molar-refractivity contribution in [1.82, 2.24) is 10.6 Å². The van der Waals surface area contributed by atoms with Gasteiger partial charge in [-0.1, -0.05) is 6.07 Å². The van der Waals surface area contributed by atoms with Crippen LogP contribution in [0.5, 0.6) is 0 Å². The molecule has 0 aliphatic carbocycles. The Morgan fingerprint density at radius 2 is 2.05 bits per heavy atom. The van der Waals surface area contributed by atoms with Gasteiger partial charge in [0, 0.05) is 25.7 Å². The molecule has 0 heterocycles. The zero-order chi connectivity index (χ0) is 16.2. The van der Waals surface area contributed by atoms with E-state index in [2.05, 4.69) is 21.9 Å². The summed E-state index contributed by atoms with van der Waals surface area (Å²) in [5.41, 5.74) is 0.504. The lowest BCUT2D eigenvalue weighted by Gasteiger charge is -2.11. The van der Waals surface area contributed by atoms with Crippen LogP contribution in [-0.2, 0) is 6.42 Å². The highest BCUT2D eigenvalue weighted by atomic mass is 32.2. The van der Waals surface area contributed by atoms with Gasteiger partial charge in [0.25, 0.3) is 0 Å². The molecule has 1 aromatic carbocycles. The summed E-state index contributed by atoms with van der Waals surface area (Å²) in [5.74, 6) is 0.855.